The maximum atomic E-state index is 12.2. The van der Waals surface area contributed by atoms with E-state index in [1.54, 1.807) is 0 Å². The van der Waals surface area contributed by atoms with Gasteiger partial charge in [0.1, 0.15) is 5.76 Å². The number of aromatic nitrogens is 1. The Morgan fingerprint density at radius 1 is 0.950 bits per heavy atom. The van der Waals surface area contributed by atoms with Crippen molar-refractivity contribution in [1.29, 1.82) is 0 Å². The van der Waals surface area contributed by atoms with Crippen LogP contribution in [0.4, 0.5) is 0 Å². The molecule has 1 heterocycles. The lowest BCUT2D eigenvalue weighted by Gasteiger charge is -1.96. The molecule has 0 radical (unpaired) electrons. The topological polar surface area (TPSA) is 50.2 Å². The number of hydrogen-bond donors (Lipinski definition) is 1. The summed E-state index contributed by atoms with van der Waals surface area (Å²) in [4.78, 5) is 16.3. The summed E-state index contributed by atoms with van der Waals surface area (Å²) >= 11 is 0. The Morgan fingerprint density at radius 3 is 2.35 bits per heavy atom. The summed E-state index contributed by atoms with van der Waals surface area (Å²) in [5.74, 6) is 0.0194. The molecule has 1 N–H and O–H groups in total. The van der Waals surface area contributed by atoms with Crippen LogP contribution < -0.4 is 10.8 Å². The molecular weight excluding hydrogens is 250 g/mol. The molecule has 1 aliphatic heterocycles. The number of rotatable bonds is 0. The number of aliphatic hydroxyl groups is 1. The van der Waals surface area contributed by atoms with E-state index < -0.39 is 0 Å². The molecule has 2 aromatic carbocycles. The van der Waals surface area contributed by atoms with Gasteiger partial charge in [-0.25, -0.2) is 4.98 Å². The molecule has 0 amide bonds. The number of benzene rings is 2. The van der Waals surface area contributed by atoms with Gasteiger partial charge >= 0.3 is 0 Å². The van der Waals surface area contributed by atoms with Crippen LogP contribution in [0.2, 0.25) is 0 Å². The van der Waals surface area contributed by atoms with Gasteiger partial charge < -0.3 is 5.11 Å². The first kappa shape index (κ1) is 11.2. The lowest BCUT2D eigenvalue weighted by atomic mass is 10.1. The minimum atomic E-state index is -0.374. The van der Waals surface area contributed by atoms with Crippen molar-refractivity contribution in [3.05, 3.63) is 68.5 Å². The van der Waals surface area contributed by atoms with Crippen LogP contribution in [-0.4, -0.2) is 10.1 Å². The molecule has 0 spiro atoms. The molecule has 96 valence electrons. The molecule has 3 heteroatoms. The van der Waals surface area contributed by atoms with Gasteiger partial charge in [-0.3, -0.25) is 4.79 Å². The second kappa shape index (κ2) is 3.67. The highest BCUT2D eigenvalue weighted by Gasteiger charge is 2.12. The molecule has 2 aliphatic rings. The van der Waals surface area contributed by atoms with Crippen LogP contribution >= 0.6 is 0 Å². The van der Waals surface area contributed by atoms with Crippen LogP contribution in [0.25, 0.3) is 27.4 Å². The Kier molecular flexibility index (Phi) is 2.05. The number of hydrogen-bond acceptors (Lipinski definition) is 3. The SMILES string of the molecule is C/C(O)=c1/c(=O)nc2cccc3c2=c1c1ccccc13. The van der Waals surface area contributed by atoms with Crippen LogP contribution in [0.15, 0.2) is 47.3 Å². The first-order valence-corrected chi connectivity index (χ1v) is 6.45. The standard InChI is InChI=1S/C17H11NO2/c1-9(19)14-16-12-6-3-2-5-10(12)11-7-4-8-13(15(11)16)18-17(14)20/h2-8,19H,1H3/b14-9-. The first-order chi connectivity index (χ1) is 9.68. The molecule has 0 saturated heterocycles. The largest absolute Gasteiger partial charge is 0.512 e. The lowest BCUT2D eigenvalue weighted by molar-refractivity contribution is 0.498. The summed E-state index contributed by atoms with van der Waals surface area (Å²) in [7, 11) is 0. The average Bonchev–Trinajstić information content (AvgIpc) is 2.76. The van der Waals surface area contributed by atoms with Crippen molar-refractivity contribution in [3.63, 3.8) is 0 Å². The number of nitrogens with zero attached hydrogens (tertiary/aromatic N) is 1. The van der Waals surface area contributed by atoms with Crippen LogP contribution in [-0.2, 0) is 0 Å². The molecule has 0 atom stereocenters. The molecule has 1 aliphatic carbocycles. The highest BCUT2D eigenvalue weighted by molar-refractivity contribution is 6.02. The third-order valence-corrected chi connectivity index (χ3v) is 3.83. The summed E-state index contributed by atoms with van der Waals surface area (Å²) in [6, 6.07) is 13.7. The maximum Gasteiger partial charge on any atom is 0.281 e. The van der Waals surface area contributed by atoms with Gasteiger partial charge in [0.2, 0.25) is 0 Å². The van der Waals surface area contributed by atoms with Gasteiger partial charge in [0.15, 0.2) is 0 Å². The molecule has 20 heavy (non-hydrogen) atoms. The zero-order valence-corrected chi connectivity index (χ0v) is 10.8. The summed E-state index contributed by atoms with van der Waals surface area (Å²) < 4.78 is 0. The van der Waals surface area contributed by atoms with E-state index in [1.165, 1.54) is 6.92 Å². The third kappa shape index (κ3) is 1.24. The van der Waals surface area contributed by atoms with Crippen LogP contribution in [0, 0.1) is 10.4 Å². The van der Waals surface area contributed by atoms with Crippen molar-refractivity contribution in [1.82, 2.24) is 4.98 Å². The molecule has 0 aromatic heterocycles. The maximum absolute atomic E-state index is 12.2. The van der Waals surface area contributed by atoms with E-state index in [9.17, 15) is 9.90 Å². The Bertz CT molecular complexity index is 1130. The van der Waals surface area contributed by atoms with E-state index in [0.717, 1.165) is 26.6 Å². The zero-order chi connectivity index (χ0) is 13.9. The molecule has 2 aromatic rings. The Balaban J connectivity index is 2.64. The van der Waals surface area contributed by atoms with Crippen LogP contribution in [0.3, 0.4) is 0 Å². The van der Waals surface area contributed by atoms with Gasteiger partial charge in [-0.2, -0.15) is 0 Å². The van der Waals surface area contributed by atoms with E-state index in [4.69, 9.17) is 0 Å². The Morgan fingerprint density at radius 2 is 1.60 bits per heavy atom. The fourth-order valence-electron chi connectivity index (χ4n) is 3.06. The van der Waals surface area contributed by atoms with Gasteiger partial charge in [-0.15, -0.1) is 0 Å². The van der Waals surface area contributed by atoms with Crippen LogP contribution in [0.5, 0.6) is 0 Å². The van der Waals surface area contributed by atoms with E-state index in [0.29, 0.717) is 10.7 Å². The van der Waals surface area contributed by atoms with Crippen molar-refractivity contribution in [2.45, 2.75) is 6.92 Å². The fraction of sp³-hybridized carbons (Fsp3) is 0.0588. The van der Waals surface area contributed by atoms with E-state index >= 15 is 0 Å². The summed E-state index contributed by atoms with van der Waals surface area (Å²) in [6.45, 7) is 1.53. The second-order valence-electron chi connectivity index (χ2n) is 5.00. The van der Waals surface area contributed by atoms with Gasteiger partial charge in [0.25, 0.3) is 5.56 Å². The average molecular weight is 261 g/mol. The quantitative estimate of drug-likeness (QED) is 0.528. The van der Waals surface area contributed by atoms with Gasteiger partial charge in [-0.1, -0.05) is 36.4 Å². The van der Waals surface area contributed by atoms with Gasteiger partial charge in [0.05, 0.1) is 10.7 Å². The molecule has 0 unspecified atom stereocenters. The Hall–Kier alpha value is -2.68. The summed E-state index contributed by atoms with van der Waals surface area (Å²) in [5.41, 5.74) is 0.310. The smallest absolute Gasteiger partial charge is 0.281 e. The zero-order valence-electron chi connectivity index (χ0n) is 10.8. The van der Waals surface area contributed by atoms with Crippen molar-refractivity contribution in [2.75, 3.05) is 0 Å². The molecule has 0 saturated carbocycles. The normalized spacial score (nSPS) is 13.4. The molecule has 3 nitrogen and oxygen atoms in total. The van der Waals surface area contributed by atoms with Crippen LogP contribution in [0.1, 0.15) is 6.92 Å². The number of fused-ring (bicyclic) bond motifs is 3. The minimum Gasteiger partial charge on any atom is -0.512 e. The second-order valence-corrected chi connectivity index (χ2v) is 5.00. The molecular formula is C17H11NO2. The van der Waals surface area contributed by atoms with Crippen molar-refractivity contribution in [3.8, 4) is 0 Å². The van der Waals surface area contributed by atoms with Gasteiger partial charge in [-0.05, 0) is 29.1 Å². The molecule has 0 bridgehead atoms. The monoisotopic (exact) mass is 261 g/mol. The van der Waals surface area contributed by atoms with Crippen molar-refractivity contribution in [2.24, 2.45) is 0 Å². The van der Waals surface area contributed by atoms with E-state index in [1.807, 2.05) is 42.5 Å². The molecule has 4 rings (SSSR count). The fourth-order valence-corrected chi connectivity index (χ4v) is 3.06. The van der Waals surface area contributed by atoms with Crippen molar-refractivity contribution >= 4 is 27.4 Å². The third-order valence-electron chi connectivity index (χ3n) is 3.83. The number of aliphatic hydroxyl groups excluding tert-OH is 1. The summed E-state index contributed by atoms with van der Waals surface area (Å²) in [6.07, 6.45) is 0. The summed E-state index contributed by atoms with van der Waals surface area (Å²) in [5, 5.41) is 15.1. The Labute approximate surface area is 113 Å². The minimum absolute atomic E-state index is 0.0194. The predicted octanol–water partition coefficient (Wildman–Crippen LogP) is 2.32. The van der Waals surface area contributed by atoms with E-state index in [2.05, 4.69) is 4.98 Å². The highest BCUT2D eigenvalue weighted by Crippen LogP contribution is 2.26. The predicted molar refractivity (Wildman–Crippen MR) is 78.9 cm³/mol. The van der Waals surface area contributed by atoms with Crippen molar-refractivity contribution < 1.29 is 5.11 Å². The highest BCUT2D eigenvalue weighted by atomic mass is 16.3. The van der Waals surface area contributed by atoms with E-state index in [-0.39, 0.29) is 11.3 Å². The van der Waals surface area contributed by atoms with Gasteiger partial charge in [0, 0.05) is 10.4 Å². The molecule has 0 fully saturated rings. The first-order valence-electron chi connectivity index (χ1n) is 6.45. The lowest BCUT2D eigenvalue weighted by Crippen LogP contribution is -2.30.